The molecule has 0 saturated heterocycles. The van der Waals surface area contributed by atoms with Crippen LogP contribution in [0.3, 0.4) is 0 Å². The van der Waals surface area contributed by atoms with Gasteiger partial charge < -0.3 is 9.67 Å². The molecular weight excluding hydrogens is 352 g/mol. The van der Waals surface area contributed by atoms with Crippen LogP contribution < -0.4 is 0 Å². The van der Waals surface area contributed by atoms with Crippen molar-refractivity contribution in [3.05, 3.63) is 83.4 Å². The summed E-state index contributed by atoms with van der Waals surface area (Å²) in [5.41, 5.74) is 1.74. The minimum Gasteiger partial charge on any atom is -0.478 e. The zero-order chi connectivity index (χ0) is 18.7. The van der Waals surface area contributed by atoms with Crippen LogP contribution in [0.5, 0.6) is 0 Å². The SMILES string of the molecule is CS(=O)(=O)c1ccccc1Cc1nccn1Cc1cccc(C(=O)O)c1. The van der Waals surface area contributed by atoms with Gasteiger partial charge in [-0.1, -0.05) is 30.3 Å². The first-order chi connectivity index (χ1) is 12.3. The van der Waals surface area contributed by atoms with Crippen molar-refractivity contribution in [2.45, 2.75) is 17.9 Å². The number of imidazole rings is 1. The van der Waals surface area contributed by atoms with E-state index >= 15 is 0 Å². The molecule has 0 aliphatic heterocycles. The summed E-state index contributed by atoms with van der Waals surface area (Å²) in [6, 6.07) is 13.6. The van der Waals surface area contributed by atoms with Gasteiger partial charge in [-0.15, -0.1) is 0 Å². The topological polar surface area (TPSA) is 89.3 Å². The molecule has 0 spiro atoms. The van der Waals surface area contributed by atoms with E-state index in [0.29, 0.717) is 29.2 Å². The lowest BCUT2D eigenvalue weighted by atomic mass is 10.1. The van der Waals surface area contributed by atoms with E-state index in [9.17, 15) is 13.2 Å². The van der Waals surface area contributed by atoms with E-state index in [-0.39, 0.29) is 5.56 Å². The van der Waals surface area contributed by atoms with Gasteiger partial charge in [0.15, 0.2) is 9.84 Å². The molecule has 3 rings (SSSR count). The fraction of sp³-hybridized carbons (Fsp3) is 0.158. The van der Waals surface area contributed by atoms with Crippen LogP contribution in [0.1, 0.15) is 27.3 Å². The van der Waals surface area contributed by atoms with Crippen LogP contribution >= 0.6 is 0 Å². The number of hydrogen-bond acceptors (Lipinski definition) is 4. The van der Waals surface area contributed by atoms with Crippen molar-refractivity contribution in [2.24, 2.45) is 0 Å². The summed E-state index contributed by atoms with van der Waals surface area (Å²) >= 11 is 0. The van der Waals surface area contributed by atoms with Crippen LogP contribution in [0.15, 0.2) is 65.8 Å². The molecule has 1 heterocycles. The van der Waals surface area contributed by atoms with E-state index in [1.165, 1.54) is 6.26 Å². The number of rotatable bonds is 6. The molecule has 0 unspecified atom stereocenters. The minimum absolute atomic E-state index is 0.228. The highest BCUT2D eigenvalue weighted by Gasteiger charge is 2.15. The maximum Gasteiger partial charge on any atom is 0.335 e. The summed E-state index contributed by atoms with van der Waals surface area (Å²) in [6.45, 7) is 0.456. The van der Waals surface area contributed by atoms with Gasteiger partial charge in [0, 0.05) is 31.6 Å². The van der Waals surface area contributed by atoms with Crippen molar-refractivity contribution < 1.29 is 18.3 Å². The molecule has 0 aliphatic rings. The van der Waals surface area contributed by atoms with Gasteiger partial charge in [-0.05, 0) is 29.3 Å². The first-order valence-corrected chi connectivity index (χ1v) is 9.84. The lowest BCUT2D eigenvalue weighted by Gasteiger charge is -2.11. The van der Waals surface area contributed by atoms with Crippen LogP contribution in [0.25, 0.3) is 0 Å². The highest BCUT2D eigenvalue weighted by atomic mass is 32.2. The molecule has 2 aromatic carbocycles. The van der Waals surface area contributed by atoms with Gasteiger partial charge in [0.2, 0.25) is 0 Å². The molecular formula is C19H18N2O4S. The Morgan fingerprint density at radius 1 is 1.15 bits per heavy atom. The second-order valence-electron chi connectivity index (χ2n) is 6.03. The molecule has 1 N–H and O–H groups in total. The Morgan fingerprint density at radius 3 is 2.65 bits per heavy atom. The zero-order valence-corrected chi connectivity index (χ0v) is 15.0. The third kappa shape index (κ3) is 4.00. The Bertz CT molecular complexity index is 1050. The van der Waals surface area contributed by atoms with E-state index in [1.54, 1.807) is 54.9 Å². The molecule has 0 bridgehead atoms. The molecule has 26 heavy (non-hydrogen) atoms. The quantitative estimate of drug-likeness (QED) is 0.720. The maximum absolute atomic E-state index is 12.0. The molecule has 0 aliphatic carbocycles. The highest BCUT2D eigenvalue weighted by molar-refractivity contribution is 7.90. The van der Waals surface area contributed by atoms with Crippen molar-refractivity contribution in [3.8, 4) is 0 Å². The number of carboxylic acid groups (broad SMARTS) is 1. The molecule has 7 heteroatoms. The first kappa shape index (κ1) is 17.9. The standard InChI is InChI=1S/C19H18N2O4S/c1-26(24,25)17-8-3-2-6-15(17)12-18-20-9-10-21(18)13-14-5-4-7-16(11-14)19(22)23/h2-11H,12-13H2,1H3,(H,22,23). The zero-order valence-electron chi connectivity index (χ0n) is 14.2. The molecule has 6 nitrogen and oxygen atoms in total. The smallest absolute Gasteiger partial charge is 0.335 e. The fourth-order valence-electron chi connectivity index (χ4n) is 2.83. The molecule has 3 aromatic rings. The highest BCUT2D eigenvalue weighted by Crippen LogP contribution is 2.19. The molecule has 0 atom stereocenters. The number of nitrogens with zero attached hydrogens (tertiary/aromatic N) is 2. The lowest BCUT2D eigenvalue weighted by Crippen LogP contribution is -2.09. The molecule has 0 amide bonds. The van der Waals surface area contributed by atoms with Crippen LogP contribution in [0, 0.1) is 0 Å². The third-order valence-electron chi connectivity index (χ3n) is 4.05. The Balaban J connectivity index is 1.89. The number of hydrogen-bond donors (Lipinski definition) is 1. The van der Waals surface area contributed by atoms with Gasteiger partial charge in [-0.3, -0.25) is 0 Å². The molecule has 0 fully saturated rings. The monoisotopic (exact) mass is 370 g/mol. The summed E-state index contributed by atoms with van der Waals surface area (Å²) < 4.78 is 25.8. The number of benzene rings is 2. The van der Waals surface area contributed by atoms with Crippen molar-refractivity contribution in [1.82, 2.24) is 9.55 Å². The third-order valence-corrected chi connectivity index (χ3v) is 5.25. The normalized spacial score (nSPS) is 11.4. The Hall–Kier alpha value is -2.93. The molecule has 134 valence electrons. The summed E-state index contributed by atoms with van der Waals surface area (Å²) in [5, 5.41) is 9.12. The molecule has 1 aromatic heterocycles. The average molecular weight is 370 g/mol. The number of aromatic nitrogens is 2. The van der Waals surface area contributed by atoms with E-state index in [4.69, 9.17) is 5.11 Å². The van der Waals surface area contributed by atoms with Gasteiger partial charge in [-0.25, -0.2) is 18.2 Å². The second kappa shape index (κ2) is 7.13. The van der Waals surface area contributed by atoms with Gasteiger partial charge in [0.25, 0.3) is 0 Å². The fourth-order valence-corrected chi connectivity index (χ4v) is 3.77. The van der Waals surface area contributed by atoms with Crippen molar-refractivity contribution in [2.75, 3.05) is 6.26 Å². The second-order valence-corrected chi connectivity index (χ2v) is 8.02. The van der Waals surface area contributed by atoms with Gasteiger partial charge in [-0.2, -0.15) is 0 Å². The largest absolute Gasteiger partial charge is 0.478 e. The average Bonchev–Trinajstić information content (AvgIpc) is 3.01. The number of carboxylic acids is 1. The van der Waals surface area contributed by atoms with Gasteiger partial charge >= 0.3 is 5.97 Å². The van der Waals surface area contributed by atoms with E-state index < -0.39 is 15.8 Å². The van der Waals surface area contributed by atoms with Crippen LogP contribution in [-0.4, -0.2) is 35.3 Å². The molecule has 0 radical (unpaired) electrons. The Kier molecular flexibility index (Phi) is 4.90. The first-order valence-electron chi connectivity index (χ1n) is 7.95. The predicted octanol–water partition coefficient (Wildman–Crippen LogP) is 2.62. The maximum atomic E-state index is 12.0. The van der Waals surface area contributed by atoms with E-state index in [2.05, 4.69) is 4.98 Å². The summed E-state index contributed by atoms with van der Waals surface area (Å²) in [7, 11) is -3.33. The Morgan fingerprint density at radius 2 is 1.92 bits per heavy atom. The van der Waals surface area contributed by atoms with Crippen molar-refractivity contribution in [3.63, 3.8) is 0 Å². The number of carbonyl (C=O) groups is 1. The van der Waals surface area contributed by atoms with E-state index in [1.807, 2.05) is 10.6 Å². The van der Waals surface area contributed by atoms with Crippen LogP contribution in [0.2, 0.25) is 0 Å². The van der Waals surface area contributed by atoms with E-state index in [0.717, 1.165) is 5.56 Å². The van der Waals surface area contributed by atoms with Crippen molar-refractivity contribution in [1.29, 1.82) is 0 Å². The summed E-state index contributed by atoms with van der Waals surface area (Å²) in [6.07, 6.45) is 5.01. The van der Waals surface area contributed by atoms with Crippen LogP contribution in [0.4, 0.5) is 0 Å². The van der Waals surface area contributed by atoms with Crippen LogP contribution in [-0.2, 0) is 22.8 Å². The number of sulfone groups is 1. The molecule has 0 saturated carbocycles. The summed E-state index contributed by atoms with van der Waals surface area (Å²) in [5.74, 6) is -0.262. The predicted molar refractivity (Wildman–Crippen MR) is 97.1 cm³/mol. The van der Waals surface area contributed by atoms with Gasteiger partial charge in [0.1, 0.15) is 5.82 Å². The minimum atomic E-state index is -3.33. The Labute approximate surface area is 151 Å². The summed E-state index contributed by atoms with van der Waals surface area (Å²) in [4.78, 5) is 15.8. The van der Waals surface area contributed by atoms with Crippen molar-refractivity contribution >= 4 is 15.8 Å². The number of aromatic carboxylic acids is 1. The lowest BCUT2D eigenvalue weighted by molar-refractivity contribution is 0.0696. The van der Waals surface area contributed by atoms with Gasteiger partial charge in [0.05, 0.1) is 10.5 Å².